The van der Waals surface area contributed by atoms with Gasteiger partial charge in [-0.3, -0.25) is 14.7 Å². The molecular weight excluding hydrogens is 333 g/mol. The second kappa shape index (κ2) is 6.00. The zero-order chi connectivity index (χ0) is 18.4. The Bertz CT molecular complexity index is 801. The number of rotatable bonds is 3. The summed E-state index contributed by atoms with van der Waals surface area (Å²) in [6, 6.07) is 1.09. The van der Waals surface area contributed by atoms with Gasteiger partial charge in [0.15, 0.2) is 5.65 Å². The lowest BCUT2D eigenvalue weighted by atomic mass is 9.92. The van der Waals surface area contributed by atoms with Gasteiger partial charge in [-0.15, -0.1) is 0 Å². The molecule has 2 aromatic rings. The third-order valence-corrected chi connectivity index (χ3v) is 4.24. The van der Waals surface area contributed by atoms with Crippen molar-refractivity contribution < 1.29 is 18.0 Å². The molecule has 136 valence electrons. The number of halogens is 3. The van der Waals surface area contributed by atoms with Gasteiger partial charge in [0.25, 0.3) is 0 Å². The first-order valence-corrected chi connectivity index (χ1v) is 8.30. The number of carbonyl (C=O) groups is 1. The predicted octanol–water partition coefficient (Wildman–Crippen LogP) is 4.55. The molecule has 0 atom stereocenters. The third kappa shape index (κ3) is 3.77. The molecule has 0 spiro atoms. The molecule has 2 aromatic heterocycles. The topological polar surface area (TPSA) is 59.8 Å². The van der Waals surface area contributed by atoms with Gasteiger partial charge in [-0.1, -0.05) is 20.8 Å². The molecule has 1 N–H and O–H groups in total. The van der Waals surface area contributed by atoms with E-state index in [9.17, 15) is 18.0 Å². The van der Waals surface area contributed by atoms with E-state index in [-0.39, 0.29) is 28.8 Å². The summed E-state index contributed by atoms with van der Waals surface area (Å²) in [4.78, 5) is 20.5. The van der Waals surface area contributed by atoms with Crippen LogP contribution in [0.25, 0.3) is 11.2 Å². The molecule has 0 bridgehead atoms. The molecule has 25 heavy (non-hydrogen) atoms. The molecule has 0 aromatic carbocycles. The van der Waals surface area contributed by atoms with E-state index in [4.69, 9.17) is 0 Å². The smallest absolute Gasteiger partial charge is 0.296 e. The van der Waals surface area contributed by atoms with Gasteiger partial charge in [0.05, 0.1) is 5.56 Å². The van der Waals surface area contributed by atoms with Crippen molar-refractivity contribution in [2.24, 2.45) is 5.41 Å². The molecule has 1 amide bonds. The van der Waals surface area contributed by atoms with Crippen LogP contribution in [0.1, 0.15) is 58.1 Å². The summed E-state index contributed by atoms with van der Waals surface area (Å²) in [5.41, 5.74) is -0.513. The van der Waals surface area contributed by atoms with E-state index in [0.717, 1.165) is 31.5 Å². The summed E-state index contributed by atoms with van der Waals surface area (Å²) < 4.78 is 40.5. The number of carbonyl (C=O) groups excluding carboxylic acids is 1. The summed E-state index contributed by atoms with van der Waals surface area (Å²) in [5.74, 6) is 0.0696. The fraction of sp³-hybridized carbons (Fsp3) is 0.588. The predicted molar refractivity (Wildman–Crippen MR) is 88.1 cm³/mol. The van der Waals surface area contributed by atoms with Crippen molar-refractivity contribution in [1.82, 2.24) is 14.5 Å². The Labute approximate surface area is 143 Å². The van der Waals surface area contributed by atoms with Crippen molar-refractivity contribution in [3.63, 3.8) is 0 Å². The fourth-order valence-corrected chi connectivity index (χ4v) is 2.87. The number of aromatic nitrogens is 3. The van der Waals surface area contributed by atoms with Crippen molar-refractivity contribution in [1.29, 1.82) is 0 Å². The normalized spacial score (nSPS) is 16.1. The van der Waals surface area contributed by atoms with Crippen LogP contribution in [0, 0.1) is 5.41 Å². The average Bonchev–Trinajstić information content (AvgIpc) is 2.71. The van der Waals surface area contributed by atoms with E-state index < -0.39 is 11.7 Å². The molecule has 0 saturated heterocycles. The highest BCUT2D eigenvalue weighted by Crippen LogP contribution is 2.38. The maximum absolute atomic E-state index is 12.9. The van der Waals surface area contributed by atoms with E-state index in [1.165, 1.54) is 0 Å². The van der Waals surface area contributed by atoms with Gasteiger partial charge in [0.1, 0.15) is 5.52 Å². The van der Waals surface area contributed by atoms with Crippen molar-refractivity contribution in [2.75, 3.05) is 5.32 Å². The van der Waals surface area contributed by atoms with Crippen LogP contribution in [0.2, 0.25) is 0 Å². The number of amides is 1. The molecule has 0 aliphatic heterocycles. The monoisotopic (exact) mass is 354 g/mol. The van der Waals surface area contributed by atoms with Crippen LogP contribution in [-0.4, -0.2) is 20.4 Å². The number of nitrogens with zero attached hydrogens (tertiary/aromatic N) is 3. The second-order valence-electron chi connectivity index (χ2n) is 7.74. The number of pyridine rings is 1. The van der Waals surface area contributed by atoms with Crippen LogP contribution < -0.4 is 5.32 Å². The summed E-state index contributed by atoms with van der Waals surface area (Å²) in [6.07, 6.45) is -0.522. The summed E-state index contributed by atoms with van der Waals surface area (Å²) in [7, 11) is 0. The SMILES string of the molecule is CC(C)(C)CC(=O)Nc1nc2cc(C(F)(F)F)cnc2n1C1CCC1. The van der Waals surface area contributed by atoms with Crippen molar-refractivity contribution in [2.45, 2.75) is 58.7 Å². The molecule has 1 aliphatic carbocycles. The average molecular weight is 354 g/mol. The summed E-state index contributed by atoms with van der Waals surface area (Å²) >= 11 is 0. The Kier molecular flexibility index (Phi) is 4.25. The lowest BCUT2D eigenvalue weighted by Crippen LogP contribution is -2.24. The van der Waals surface area contributed by atoms with Crippen LogP contribution in [0.5, 0.6) is 0 Å². The van der Waals surface area contributed by atoms with Crippen LogP contribution in [-0.2, 0) is 11.0 Å². The number of hydrogen-bond acceptors (Lipinski definition) is 3. The molecule has 1 aliphatic rings. The minimum Gasteiger partial charge on any atom is -0.296 e. The number of imidazole rings is 1. The van der Waals surface area contributed by atoms with Crippen molar-refractivity contribution in [3.05, 3.63) is 17.8 Å². The highest BCUT2D eigenvalue weighted by molar-refractivity contribution is 5.91. The highest BCUT2D eigenvalue weighted by Gasteiger charge is 2.33. The highest BCUT2D eigenvalue weighted by atomic mass is 19.4. The van der Waals surface area contributed by atoms with Gasteiger partial charge in [-0.2, -0.15) is 13.2 Å². The van der Waals surface area contributed by atoms with Gasteiger partial charge in [-0.05, 0) is 30.7 Å². The molecule has 0 unspecified atom stereocenters. The van der Waals surface area contributed by atoms with Gasteiger partial charge >= 0.3 is 6.18 Å². The number of hydrogen-bond donors (Lipinski definition) is 1. The van der Waals surface area contributed by atoms with E-state index in [1.54, 1.807) is 4.57 Å². The largest absolute Gasteiger partial charge is 0.417 e. The van der Waals surface area contributed by atoms with Crippen LogP contribution in [0.4, 0.5) is 19.1 Å². The van der Waals surface area contributed by atoms with Gasteiger partial charge < -0.3 is 0 Å². The Hall–Kier alpha value is -2.12. The first kappa shape index (κ1) is 17.7. The van der Waals surface area contributed by atoms with Crippen molar-refractivity contribution in [3.8, 4) is 0 Å². The van der Waals surface area contributed by atoms with E-state index in [1.807, 2.05) is 20.8 Å². The fourth-order valence-electron chi connectivity index (χ4n) is 2.87. The summed E-state index contributed by atoms with van der Waals surface area (Å²) in [6.45, 7) is 5.83. The Morgan fingerprint density at radius 3 is 2.52 bits per heavy atom. The summed E-state index contributed by atoms with van der Waals surface area (Å²) in [5, 5.41) is 2.76. The van der Waals surface area contributed by atoms with Crippen LogP contribution >= 0.6 is 0 Å². The number of nitrogens with one attached hydrogen (secondary N) is 1. The first-order chi connectivity index (χ1) is 11.5. The molecular formula is C17H21F3N4O. The van der Waals surface area contributed by atoms with Gasteiger partial charge in [0.2, 0.25) is 11.9 Å². The Morgan fingerprint density at radius 2 is 2.00 bits per heavy atom. The lowest BCUT2D eigenvalue weighted by molar-refractivity contribution is -0.137. The number of anilines is 1. The quantitative estimate of drug-likeness (QED) is 0.880. The lowest BCUT2D eigenvalue weighted by Gasteiger charge is -2.28. The maximum atomic E-state index is 12.9. The minimum atomic E-state index is -4.48. The Morgan fingerprint density at radius 1 is 1.32 bits per heavy atom. The van der Waals surface area contributed by atoms with E-state index in [2.05, 4.69) is 15.3 Å². The molecule has 0 radical (unpaired) electrons. The van der Waals surface area contributed by atoms with Gasteiger partial charge in [-0.25, -0.2) is 9.97 Å². The molecule has 8 heteroatoms. The third-order valence-electron chi connectivity index (χ3n) is 4.24. The Balaban J connectivity index is 1.99. The molecule has 5 nitrogen and oxygen atoms in total. The van der Waals surface area contributed by atoms with Crippen LogP contribution in [0.3, 0.4) is 0 Å². The molecule has 2 heterocycles. The molecule has 1 fully saturated rings. The van der Waals surface area contributed by atoms with Crippen LogP contribution in [0.15, 0.2) is 12.3 Å². The van der Waals surface area contributed by atoms with E-state index in [0.29, 0.717) is 12.1 Å². The number of fused-ring (bicyclic) bond motifs is 1. The molecule has 1 saturated carbocycles. The van der Waals surface area contributed by atoms with Crippen molar-refractivity contribution >= 4 is 23.0 Å². The van der Waals surface area contributed by atoms with Gasteiger partial charge in [0, 0.05) is 18.7 Å². The zero-order valence-corrected chi connectivity index (χ0v) is 14.4. The maximum Gasteiger partial charge on any atom is 0.417 e. The standard InChI is InChI=1S/C17H21F3N4O/c1-16(2,3)8-13(25)23-15-22-12-7-10(17(18,19)20)9-21-14(12)24(15)11-5-4-6-11/h7,9,11H,4-6,8H2,1-3H3,(H,22,23,25). The molecule has 3 rings (SSSR count). The van der Waals surface area contributed by atoms with E-state index >= 15 is 0 Å². The second-order valence-corrected chi connectivity index (χ2v) is 7.74. The zero-order valence-electron chi connectivity index (χ0n) is 14.4. The number of alkyl halides is 3. The minimum absolute atomic E-state index is 0.110. The first-order valence-electron chi connectivity index (χ1n) is 8.30.